The lowest BCUT2D eigenvalue weighted by molar-refractivity contribution is 0.0870. The Bertz CT molecular complexity index is 1330. The zero-order valence-corrected chi connectivity index (χ0v) is 18.9. The fourth-order valence-corrected chi connectivity index (χ4v) is 5.49. The van der Waals surface area contributed by atoms with Crippen molar-refractivity contribution >= 4 is 11.2 Å². The molecule has 8 heteroatoms. The summed E-state index contributed by atoms with van der Waals surface area (Å²) in [5.74, 6) is 2.25. The number of imidazole rings is 1. The first kappa shape index (κ1) is 20.4. The molecule has 0 saturated carbocycles. The summed E-state index contributed by atoms with van der Waals surface area (Å²) in [7, 11) is 0. The molecular formula is C25H26FN7. The van der Waals surface area contributed by atoms with Crippen molar-refractivity contribution in [3.8, 4) is 11.4 Å². The van der Waals surface area contributed by atoms with Crippen LogP contribution < -0.4 is 0 Å². The molecule has 0 aliphatic carbocycles. The minimum Gasteiger partial charge on any atom is -0.304 e. The smallest absolute Gasteiger partial charge is 0.164 e. The molecule has 1 aromatic carbocycles. The van der Waals surface area contributed by atoms with Crippen molar-refractivity contribution < 1.29 is 4.39 Å². The second kappa shape index (κ2) is 7.95. The largest absolute Gasteiger partial charge is 0.304 e. The Balaban J connectivity index is 1.40. The molecule has 0 radical (unpaired) electrons. The zero-order valence-electron chi connectivity index (χ0n) is 18.9. The van der Waals surface area contributed by atoms with Crippen molar-refractivity contribution in [2.75, 3.05) is 19.6 Å². The third-order valence-corrected chi connectivity index (χ3v) is 7.19. The van der Waals surface area contributed by atoms with E-state index < -0.39 is 0 Å². The summed E-state index contributed by atoms with van der Waals surface area (Å²) in [6.07, 6.45) is 7.35. The van der Waals surface area contributed by atoms with Crippen LogP contribution in [-0.4, -0.2) is 54.0 Å². The highest BCUT2D eigenvalue weighted by Crippen LogP contribution is 2.39. The van der Waals surface area contributed by atoms with E-state index in [9.17, 15) is 0 Å². The molecule has 7 nitrogen and oxygen atoms in total. The standard InChI is InChI=1S/C25H26FN7/c1-15-23-25(30-16(2)29-15)33(24(31-23)20-10-27-14-28-11-20)12-19-4-3-18(9-22(19)26)21-13-32-7-5-17(21)6-8-32/h3-4,9-11,14,17,21H,5-8,12-13H2,1-2H3. The van der Waals surface area contributed by atoms with Crippen LogP contribution in [0.2, 0.25) is 0 Å². The molecule has 7 rings (SSSR count). The predicted octanol–water partition coefficient (Wildman–Crippen LogP) is 3.90. The summed E-state index contributed by atoms with van der Waals surface area (Å²) in [5.41, 5.74) is 4.70. The molecule has 1 unspecified atom stereocenters. The highest BCUT2D eigenvalue weighted by atomic mass is 19.1. The molecule has 1 atom stereocenters. The van der Waals surface area contributed by atoms with Gasteiger partial charge in [-0.3, -0.25) is 0 Å². The second-order valence-corrected chi connectivity index (χ2v) is 9.27. The SMILES string of the molecule is Cc1nc(C)c2nc(-c3cncnc3)n(Cc3ccc(C4CN5CCC4CC5)cc3F)c2n1. The fourth-order valence-electron chi connectivity index (χ4n) is 5.49. The minimum absolute atomic E-state index is 0.177. The Morgan fingerprint density at radius 1 is 1.03 bits per heavy atom. The van der Waals surface area contributed by atoms with Gasteiger partial charge in [-0.25, -0.2) is 29.3 Å². The second-order valence-electron chi connectivity index (χ2n) is 9.27. The van der Waals surface area contributed by atoms with Crippen LogP contribution in [0.3, 0.4) is 0 Å². The van der Waals surface area contributed by atoms with E-state index in [1.165, 1.54) is 32.3 Å². The molecule has 168 valence electrons. The van der Waals surface area contributed by atoms with Gasteiger partial charge in [0.2, 0.25) is 0 Å². The maximum atomic E-state index is 15.4. The number of hydrogen-bond donors (Lipinski definition) is 0. The summed E-state index contributed by atoms with van der Waals surface area (Å²) in [6, 6.07) is 5.79. The molecule has 3 fully saturated rings. The monoisotopic (exact) mass is 443 g/mol. The number of aryl methyl sites for hydroxylation is 2. The number of halogens is 1. The van der Waals surface area contributed by atoms with Crippen molar-refractivity contribution in [3.05, 3.63) is 65.4 Å². The van der Waals surface area contributed by atoms with Crippen LogP contribution >= 0.6 is 0 Å². The van der Waals surface area contributed by atoms with Gasteiger partial charge in [-0.2, -0.15) is 0 Å². The molecule has 0 amide bonds. The maximum Gasteiger partial charge on any atom is 0.164 e. The zero-order chi connectivity index (χ0) is 22.5. The van der Waals surface area contributed by atoms with E-state index in [4.69, 9.17) is 4.98 Å². The van der Waals surface area contributed by atoms with E-state index in [0.717, 1.165) is 23.4 Å². The number of hydrogen-bond acceptors (Lipinski definition) is 6. The molecule has 4 aromatic rings. The van der Waals surface area contributed by atoms with Gasteiger partial charge in [-0.05, 0) is 63.2 Å². The van der Waals surface area contributed by atoms with E-state index >= 15 is 4.39 Å². The van der Waals surface area contributed by atoms with Crippen LogP contribution in [0.25, 0.3) is 22.6 Å². The lowest BCUT2D eigenvalue weighted by Crippen LogP contribution is -2.46. The number of benzene rings is 1. The van der Waals surface area contributed by atoms with Gasteiger partial charge in [0.25, 0.3) is 0 Å². The van der Waals surface area contributed by atoms with Crippen LogP contribution in [0.15, 0.2) is 36.9 Å². The van der Waals surface area contributed by atoms with Gasteiger partial charge in [0.1, 0.15) is 29.3 Å². The molecule has 33 heavy (non-hydrogen) atoms. The van der Waals surface area contributed by atoms with Crippen molar-refractivity contribution in [2.24, 2.45) is 5.92 Å². The first-order chi connectivity index (χ1) is 16.1. The Morgan fingerprint density at radius 3 is 2.52 bits per heavy atom. The quantitative estimate of drug-likeness (QED) is 0.476. The minimum atomic E-state index is -0.177. The fraction of sp³-hybridized carbons (Fsp3) is 0.400. The molecule has 0 N–H and O–H groups in total. The van der Waals surface area contributed by atoms with Crippen molar-refractivity contribution in [2.45, 2.75) is 39.2 Å². The van der Waals surface area contributed by atoms with Gasteiger partial charge in [0.15, 0.2) is 5.65 Å². The number of rotatable bonds is 4. The summed E-state index contributed by atoms with van der Waals surface area (Å²) in [4.78, 5) is 24.7. The van der Waals surface area contributed by atoms with Crippen molar-refractivity contribution in [1.29, 1.82) is 0 Å². The Labute approximate surface area is 191 Å². The molecule has 3 aliphatic rings. The third-order valence-electron chi connectivity index (χ3n) is 7.19. The normalized spacial score (nSPS) is 22.2. The van der Waals surface area contributed by atoms with Gasteiger partial charge in [0.05, 0.1) is 17.8 Å². The molecule has 3 aliphatic heterocycles. The third kappa shape index (κ3) is 3.58. The topological polar surface area (TPSA) is 72.6 Å². The number of aromatic nitrogens is 6. The average molecular weight is 444 g/mol. The Morgan fingerprint density at radius 2 is 1.82 bits per heavy atom. The molecule has 0 spiro atoms. The molecule has 3 aromatic heterocycles. The summed E-state index contributed by atoms with van der Waals surface area (Å²) in [5, 5.41) is 0. The number of fused-ring (bicyclic) bond motifs is 4. The summed E-state index contributed by atoms with van der Waals surface area (Å²) >= 11 is 0. The van der Waals surface area contributed by atoms with Crippen LogP contribution in [0.4, 0.5) is 4.39 Å². The van der Waals surface area contributed by atoms with E-state index in [1.807, 2.05) is 24.5 Å². The predicted molar refractivity (Wildman–Crippen MR) is 123 cm³/mol. The van der Waals surface area contributed by atoms with Gasteiger partial charge in [-0.1, -0.05) is 12.1 Å². The van der Waals surface area contributed by atoms with Crippen LogP contribution in [-0.2, 0) is 6.54 Å². The number of nitrogens with zero attached hydrogens (tertiary/aromatic N) is 7. The van der Waals surface area contributed by atoms with Crippen LogP contribution in [0, 0.1) is 25.6 Å². The van der Waals surface area contributed by atoms with E-state index in [0.29, 0.717) is 46.8 Å². The lowest BCUT2D eigenvalue weighted by atomic mass is 9.75. The lowest BCUT2D eigenvalue weighted by Gasteiger charge is -2.45. The Hall–Kier alpha value is -3.26. The number of piperidine rings is 3. The first-order valence-electron chi connectivity index (χ1n) is 11.5. The van der Waals surface area contributed by atoms with Crippen molar-refractivity contribution in [3.63, 3.8) is 0 Å². The van der Waals surface area contributed by atoms with Gasteiger partial charge < -0.3 is 9.47 Å². The van der Waals surface area contributed by atoms with Gasteiger partial charge in [0, 0.05) is 24.5 Å². The highest BCUT2D eigenvalue weighted by molar-refractivity contribution is 5.79. The molecule has 6 heterocycles. The first-order valence-corrected chi connectivity index (χ1v) is 11.5. The van der Waals surface area contributed by atoms with E-state index in [-0.39, 0.29) is 5.82 Å². The van der Waals surface area contributed by atoms with E-state index in [2.05, 4.69) is 30.9 Å². The van der Waals surface area contributed by atoms with Gasteiger partial charge in [-0.15, -0.1) is 0 Å². The molecule has 2 bridgehead atoms. The van der Waals surface area contributed by atoms with E-state index in [1.54, 1.807) is 18.5 Å². The highest BCUT2D eigenvalue weighted by Gasteiger charge is 2.35. The van der Waals surface area contributed by atoms with Gasteiger partial charge >= 0.3 is 0 Å². The van der Waals surface area contributed by atoms with Crippen LogP contribution in [0.5, 0.6) is 0 Å². The average Bonchev–Trinajstić information content (AvgIpc) is 3.20. The summed E-state index contributed by atoms with van der Waals surface area (Å²) < 4.78 is 17.4. The molecule has 3 saturated heterocycles. The summed E-state index contributed by atoms with van der Waals surface area (Å²) in [6.45, 7) is 7.51. The molecular weight excluding hydrogens is 417 g/mol. The Kier molecular flexibility index (Phi) is 4.90. The van der Waals surface area contributed by atoms with Crippen molar-refractivity contribution in [1.82, 2.24) is 34.4 Å². The maximum absolute atomic E-state index is 15.4. The van der Waals surface area contributed by atoms with Crippen LogP contribution in [0.1, 0.15) is 41.4 Å².